The van der Waals surface area contributed by atoms with Gasteiger partial charge >= 0.3 is 0 Å². The molecule has 0 spiro atoms. The Morgan fingerprint density at radius 1 is 0.447 bits per heavy atom. The molecule has 0 saturated carbocycles. The highest BCUT2D eigenvalue weighted by atomic mass is 32.2. The lowest BCUT2D eigenvalue weighted by Gasteiger charge is -2.20. The largest absolute Gasteiger partial charge is 0.455 e. The van der Waals surface area contributed by atoms with Crippen molar-refractivity contribution in [1.82, 2.24) is 9.97 Å². The fourth-order valence-electron chi connectivity index (χ4n) is 5.38. The number of hydrogen-bond donors (Lipinski definition) is 0. The molecule has 4 heteroatoms. The van der Waals surface area contributed by atoms with Crippen LogP contribution in [0.5, 0.6) is 11.5 Å². The van der Waals surface area contributed by atoms with Crippen molar-refractivity contribution in [2.24, 2.45) is 0 Å². The minimum atomic E-state index is 0.720. The average Bonchev–Trinajstić information content (AvgIpc) is 3.00. The minimum absolute atomic E-state index is 0.720. The van der Waals surface area contributed by atoms with Crippen LogP contribution in [0.25, 0.3) is 54.8 Å². The van der Waals surface area contributed by atoms with Crippen molar-refractivity contribution < 1.29 is 4.74 Å². The molecule has 0 fully saturated rings. The van der Waals surface area contributed by atoms with E-state index in [0.29, 0.717) is 0 Å². The van der Waals surface area contributed by atoms with E-state index in [0.717, 1.165) is 43.8 Å². The third-order valence-electron chi connectivity index (χ3n) is 7.22. The van der Waals surface area contributed by atoms with Gasteiger partial charge < -0.3 is 4.74 Å². The van der Waals surface area contributed by atoms with Crippen LogP contribution >= 0.6 is 11.8 Å². The summed E-state index contributed by atoms with van der Waals surface area (Å²) in [5.74, 6) is 2.50. The molecular weight excluding hydrogens is 484 g/mol. The fourth-order valence-corrected chi connectivity index (χ4v) is 6.37. The molecule has 0 radical (unpaired) electrons. The van der Waals surface area contributed by atoms with Gasteiger partial charge in [0.25, 0.3) is 0 Å². The molecule has 6 aromatic carbocycles. The fraction of sp³-hybridized carbons (Fsp3) is 0. The molecule has 0 N–H and O–H groups in total. The number of fused-ring (bicyclic) bond motifs is 8. The highest BCUT2D eigenvalue weighted by Crippen LogP contribution is 2.47. The first-order valence-corrected chi connectivity index (χ1v) is 13.4. The van der Waals surface area contributed by atoms with Crippen molar-refractivity contribution in [2.45, 2.75) is 9.79 Å². The summed E-state index contributed by atoms with van der Waals surface area (Å²) in [6.45, 7) is 0. The monoisotopic (exact) mass is 504 g/mol. The summed E-state index contributed by atoms with van der Waals surface area (Å²) < 4.78 is 6.09. The van der Waals surface area contributed by atoms with E-state index < -0.39 is 0 Å². The number of hydrogen-bond acceptors (Lipinski definition) is 4. The van der Waals surface area contributed by atoms with E-state index in [1.54, 1.807) is 11.8 Å². The number of benzene rings is 6. The van der Waals surface area contributed by atoms with Crippen LogP contribution in [-0.4, -0.2) is 9.97 Å². The van der Waals surface area contributed by atoms with E-state index in [1.165, 1.54) is 32.3 Å². The Kier molecular flexibility index (Phi) is 4.76. The highest BCUT2D eigenvalue weighted by molar-refractivity contribution is 7.99. The lowest BCUT2D eigenvalue weighted by atomic mass is 9.93. The maximum absolute atomic E-state index is 6.09. The number of rotatable bonds is 2. The Hall–Kier alpha value is -4.67. The zero-order valence-electron chi connectivity index (χ0n) is 20.3. The molecule has 178 valence electrons. The molecule has 38 heavy (non-hydrogen) atoms. The number of ether oxygens (including phenoxy) is 1. The summed E-state index contributed by atoms with van der Waals surface area (Å²) in [6, 6.07) is 38.2. The van der Waals surface area contributed by atoms with Gasteiger partial charge in [-0.05, 0) is 68.2 Å². The van der Waals surface area contributed by atoms with Crippen molar-refractivity contribution >= 4 is 44.1 Å². The second kappa shape index (κ2) is 8.44. The molecule has 3 nitrogen and oxygen atoms in total. The van der Waals surface area contributed by atoms with E-state index in [2.05, 4.69) is 84.9 Å². The van der Waals surface area contributed by atoms with Crippen molar-refractivity contribution in [2.75, 3.05) is 0 Å². The standard InChI is InChI=1S/C34H20N2OS/c1-2-9-26-24(7-1)25-8-3-4-10-27(25)29-17-22(13-15-28(26)29)34-35-19-23(20-36-34)21-14-16-31-33(18-21)38-32-12-6-5-11-30(32)37-31/h1-20H. The Morgan fingerprint density at radius 3 is 1.76 bits per heavy atom. The molecule has 0 atom stereocenters. The summed E-state index contributed by atoms with van der Waals surface area (Å²) >= 11 is 1.73. The zero-order chi connectivity index (χ0) is 25.1. The first-order valence-electron chi connectivity index (χ1n) is 12.6. The topological polar surface area (TPSA) is 35.0 Å². The molecule has 8 rings (SSSR count). The molecule has 0 unspecified atom stereocenters. The first-order chi connectivity index (χ1) is 18.8. The van der Waals surface area contributed by atoms with Crippen LogP contribution in [-0.2, 0) is 0 Å². The summed E-state index contributed by atoms with van der Waals surface area (Å²) in [5.41, 5.74) is 3.06. The van der Waals surface area contributed by atoms with E-state index in [1.807, 2.05) is 36.7 Å². The van der Waals surface area contributed by atoms with Crippen LogP contribution in [0.4, 0.5) is 0 Å². The molecule has 1 aliphatic heterocycles. The number of aromatic nitrogens is 2. The Balaban J connectivity index is 1.18. The number of para-hydroxylation sites is 1. The third kappa shape index (κ3) is 3.38. The van der Waals surface area contributed by atoms with Crippen LogP contribution in [0, 0.1) is 0 Å². The predicted molar refractivity (Wildman–Crippen MR) is 156 cm³/mol. The summed E-state index contributed by atoms with van der Waals surface area (Å²) in [5, 5.41) is 7.52. The van der Waals surface area contributed by atoms with Gasteiger partial charge in [-0.2, -0.15) is 0 Å². The third-order valence-corrected chi connectivity index (χ3v) is 8.32. The van der Waals surface area contributed by atoms with E-state index in [9.17, 15) is 0 Å². The summed E-state index contributed by atoms with van der Waals surface area (Å²) in [4.78, 5) is 11.8. The van der Waals surface area contributed by atoms with Gasteiger partial charge in [0.1, 0.15) is 11.5 Å². The van der Waals surface area contributed by atoms with Gasteiger partial charge in [0.05, 0.1) is 9.79 Å². The second-order valence-electron chi connectivity index (χ2n) is 9.46. The summed E-state index contributed by atoms with van der Waals surface area (Å²) in [7, 11) is 0. The van der Waals surface area contributed by atoms with Gasteiger partial charge in [0.15, 0.2) is 5.82 Å². The van der Waals surface area contributed by atoms with Gasteiger partial charge in [-0.3, -0.25) is 0 Å². The molecule has 7 aromatic rings. The quantitative estimate of drug-likeness (QED) is 0.220. The maximum atomic E-state index is 6.09. The predicted octanol–water partition coefficient (Wildman–Crippen LogP) is 9.53. The summed E-state index contributed by atoms with van der Waals surface area (Å²) in [6.07, 6.45) is 3.82. The van der Waals surface area contributed by atoms with Crippen LogP contribution < -0.4 is 4.74 Å². The van der Waals surface area contributed by atoms with Crippen LogP contribution in [0.2, 0.25) is 0 Å². The van der Waals surface area contributed by atoms with Gasteiger partial charge in [0.2, 0.25) is 0 Å². The van der Waals surface area contributed by atoms with Gasteiger partial charge in [-0.15, -0.1) is 0 Å². The van der Waals surface area contributed by atoms with Crippen molar-refractivity contribution in [3.63, 3.8) is 0 Å². The minimum Gasteiger partial charge on any atom is -0.455 e. The van der Waals surface area contributed by atoms with E-state index in [4.69, 9.17) is 14.7 Å². The lowest BCUT2D eigenvalue weighted by Crippen LogP contribution is -1.95. The molecule has 0 saturated heterocycles. The lowest BCUT2D eigenvalue weighted by molar-refractivity contribution is 0.454. The van der Waals surface area contributed by atoms with Crippen LogP contribution in [0.3, 0.4) is 0 Å². The highest BCUT2D eigenvalue weighted by Gasteiger charge is 2.18. The Labute approximate surface area is 223 Å². The zero-order valence-corrected chi connectivity index (χ0v) is 21.1. The molecule has 0 bridgehead atoms. The van der Waals surface area contributed by atoms with E-state index in [-0.39, 0.29) is 0 Å². The Morgan fingerprint density at radius 2 is 1.03 bits per heavy atom. The Bertz CT molecular complexity index is 2000. The maximum Gasteiger partial charge on any atom is 0.159 e. The average molecular weight is 505 g/mol. The first kappa shape index (κ1) is 21.4. The van der Waals surface area contributed by atoms with E-state index >= 15 is 0 Å². The molecular formula is C34H20N2OS. The molecule has 2 heterocycles. The molecule has 1 aliphatic rings. The number of nitrogens with zero attached hydrogens (tertiary/aromatic N) is 2. The molecule has 0 aliphatic carbocycles. The molecule has 0 amide bonds. The second-order valence-corrected chi connectivity index (χ2v) is 10.5. The van der Waals surface area contributed by atoms with Crippen LogP contribution in [0.1, 0.15) is 0 Å². The van der Waals surface area contributed by atoms with Crippen LogP contribution in [0.15, 0.2) is 131 Å². The van der Waals surface area contributed by atoms with Crippen molar-refractivity contribution in [3.05, 3.63) is 122 Å². The SMILES string of the molecule is c1ccc2c(c1)Oc1ccc(-c3cnc(-c4ccc5c6ccccc6c6ccccc6c5c4)nc3)cc1S2. The molecule has 1 aromatic heterocycles. The van der Waals surface area contributed by atoms with Gasteiger partial charge in [0, 0.05) is 23.5 Å². The van der Waals surface area contributed by atoms with Gasteiger partial charge in [-0.25, -0.2) is 9.97 Å². The normalized spacial score (nSPS) is 12.3. The smallest absolute Gasteiger partial charge is 0.159 e. The van der Waals surface area contributed by atoms with Crippen molar-refractivity contribution in [3.8, 4) is 34.0 Å². The van der Waals surface area contributed by atoms with Gasteiger partial charge in [-0.1, -0.05) is 90.6 Å². The van der Waals surface area contributed by atoms with Crippen molar-refractivity contribution in [1.29, 1.82) is 0 Å².